The number of aromatic nitrogens is 1. The SMILES string of the molecule is NCCCC1OCCN(Cc2cccnc2)C1=O. The van der Waals surface area contributed by atoms with Gasteiger partial charge in [-0.15, -0.1) is 0 Å². The number of nitrogens with zero attached hydrogens (tertiary/aromatic N) is 2. The molecule has 1 unspecified atom stereocenters. The van der Waals surface area contributed by atoms with Gasteiger partial charge >= 0.3 is 0 Å². The minimum atomic E-state index is -0.320. The Morgan fingerprint density at radius 3 is 3.17 bits per heavy atom. The van der Waals surface area contributed by atoms with Crippen LogP contribution in [0.2, 0.25) is 0 Å². The van der Waals surface area contributed by atoms with Gasteiger partial charge in [0.25, 0.3) is 5.91 Å². The third-order valence-electron chi connectivity index (χ3n) is 3.03. The molecule has 1 aliphatic heterocycles. The van der Waals surface area contributed by atoms with Gasteiger partial charge in [-0.2, -0.15) is 0 Å². The normalized spacial score (nSPS) is 20.2. The Labute approximate surface area is 107 Å². The summed E-state index contributed by atoms with van der Waals surface area (Å²) in [5.41, 5.74) is 6.51. The largest absolute Gasteiger partial charge is 0.367 e. The quantitative estimate of drug-likeness (QED) is 0.827. The maximum Gasteiger partial charge on any atom is 0.252 e. The number of nitrogens with two attached hydrogens (primary N) is 1. The zero-order valence-electron chi connectivity index (χ0n) is 10.4. The standard InChI is InChI=1S/C13H19N3O2/c14-5-1-4-12-13(17)16(7-8-18-12)10-11-3-2-6-15-9-11/h2-3,6,9,12H,1,4-5,7-8,10,14H2. The molecule has 0 aliphatic carbocycles. The molecule has 1 atom stereocenters. The first kappa shape index (κ1) is 13.0. The number of ether oxygens (including phenoxy) is 1. The number of hydrogen-bond donors (Lipinski definition) is 1. The highest BCUT2D eigenvalue weighted by Gasteiger charge is 2.28. The van der Waals surface area contributed by atoms with E-state index in [9.17, 15) is 4.79 Å². The Kier molecular flexibility index (Phi) is 4.66. The van der Waals surface area contributed by atoms with Crippen LogP contribution in [0.25, 0.3) is 0 Å². The lowest BCUT2D eigenvalue weighted by atomic mass is 10.1. The van der Waals surface area contributed by atoms with Crippen molar-refractivity contribution in [3.63, 3.8) is 0 Å². The maximum absolute atomic E-state index is 12.2. The Morgan fingerprint density at radius 1 is 1.56 bits per heavy atom. The minimum absolute atomic E-state index is 0.0681. The molecule has 2 N–H and O–H groups in total. The van der Waals surface area contributed by atoms with Crippen LogP contribution in [0.4, 0.5) is 0 Å². The van der Waals surface area contributed by atoms with Gasteiger partial charge in [0.1, 0.15) is 6.10 Å². The van der Waals surface area contributed by atoms with E-state index in [0.717, 1.165) is 12.0 Å². The van der Waals surface area contributed by atoms with Crippen LogP contribution in [0.5, 0.6) is 0 Å². The van der Waals surface area contributed by atoms with Gasteiger partial charge in [-0.25, -0.2) is 0 Å². The van der Waals surface area contributed by atoms with Gasteiger partial charge in [-0.05, 0) is 31.0 Å². The van der Waals surface area contributed by atoms with Crippen LogP contribution in [0.3, 0.4) is 0 Å². The third-order valence-corrected chi connectivity index (χ3v) is 3.03. The van der Waals surface area contributed by atoms with Gasteiger partial charge in [-0.3, -0.25) is 9.78 Å². The van der Waals surface area contributed by atoms with Crippen molar-refractivity contribution < 1.29 is 9.53 Å². The number of hydrogen-bond acceptors (Lipinski definition) is 4. The van der Waals surface area contributed by atoms with Crippen LogP contribution < -0.4 is 5.73 Å². The summed E-state index contributed by atoms with van der Waals surface area (Å²) in [5, 5.41) is 0. The molecule has 98 valence electrons. The van der Waals surface area contributed by atoms with E-state index in [2.05, 4.69) is 4.98 Å². The molecular formula is C13H19N3O2. The first-order chi connectivity index (χ1) is 8.81. The van der Waals surface area contributed by atoms with Gasteiger partial charge in [-0.1, -0.05) is 6.07 Å². The third kappa shape index (κ3) is 3.27. The van der Waals surface area contributed by atoms with Gasteiger partial charge in [0, 0.05) is 25.5 Å². The van der Waals surface area contributed by atoms with Gasteiger partial charge in [0.2, 0.25) is 0 Å². The second-order valence-corrected chi connectivity index (χ2v) is 4.41. The van der Waals surface area contributed by atoms with Crippen molar-refractivity contribution in [3.05, 3.63) is 30.1 Å². The molecule has 1 aromatic rings. The lowest BCUT2D eigenvalue weighted by Gasteiger charge is -2.32. The highest BCUT2D eigenvalue weighted by Crippen LogP contribution is 2.14. The van der Waals surface area contributed by atoms with E-state index in [1.807, 2.05) is 17.0 Å². The average Bonchev–Trinajstić information content (AvgIpc) is 2.41. The number of morpholine rings is 1. The minimum Gasteiger partial charge on any atom is -0.367 e. The van der Waals surface area contributed by atoms with Gasteiger partial charge < -0.3 is 15.4 Å². The highest BCUT2D eigenvalue weighted by atomic mass is 16.5. The van der Waals surface area contributed by atoms with E-state index in [0.29, 0.717) is 32.7 Å². The predicted molar refractivity (Wildman–Crippen MR) is 67.7 cm³/mol. The van der Waals surface area contributed by atoms with Gasteiger partial charge in [0.05, 0.1) is 6.61 Å². The number of pyridine rings is 1. The Bertz CT molecular complexity index is 383. The molecule has 0 aromatic carbocycles. The molecule has 18 heavy (non-hydrogen) atoms. The Hall–Kier alpha value is -1.46. The maximum atomic E-state index is 12.2. The monoisotopic (exact) mass is 249 g/mol. The fraction of sp³-hybridized carbons (Fsp3) is 0.538. The lowest BCUT2D eigenvalue weighted by Crippen LogP contribution is -2.47. The van der Waals surface area contributed by atoms with Crippen molar-refractivity contribution in [1.29, 1.82) is 0 Å². The van der Waals surface area contributed by atoms with Crippen molar-refractivity contribution in [2.75, 3.05) is 19.7 Å². The van der Waals surface area contributed by atoms with E-state index >= 15 is 0 Å². The van der Waals surface area contributed by atoms with Crippen LogP contribution in [-0.2, 0) is 16.1 Å². The molecule has 2 rings (SSSR count). The molecule has 1 fully saturated rings. The summed E-state index contributed by atoms with van der Waals surface area (Å²) in [4.78, 5) is 18.1. The number of amides is 1. The lowest BCUT2D eigenvalue weighted by molar-refractivity contribution is -0.154. The Balaban J connectivity index is 1.94. The fourth-order valence-corrected chi connectivity index (χ4v) is 2.07. The van der Waals surface area contributed by atoms with Crippen molar-refractivity contribution in [1.82, 2.24) is 9.88 Å². The van der Waals surface area contributed by atoms with Crippen molar-refractivity contribution >= 4 is 5.91 Å². The average molecular weight is 249 g/mol. The van der Waals surface area contributed by atoms with Crippen molar-refractivity contribution in [3.8, 4) is 0 Å². The summed E-state index contributed by atoms with van der Waals surface area (Å²) in [6.07, 6.45) is 4.72. The van der Waals surface area contributed by atoms with Crippen molar-refractivity contribution in [2.45, 2.75) is 25.5 Å². The highest BCUT2D eigenvalue weighted by molar-refractivity contribution is 5.81. The summed E-state index contributed by atoms with van der Waals surface area (Å²) in [6.45, 7) is 2.44. The second kappa shape index (κ2) is 6.47. The molecule has 0 bridgehead atoms. The van der Waals surface area contributed by atoms with Crippen LogP contribution in [-0.4, -0.2) is 41.6 Å². The molecule has 5 nitrogen and oxygen atoms in total. The van der Waals surface area contributed by atoms with E-state index in [1.54, 1.807) is 12.4 Å². The second-order valence-electron chi connectivity index (χ2n) is 4.41. The molecule has 1 aliphatic rings. The molecule has 2 heterocycles. The summed E-state index contributed by atoms with van der Waals surface area (Å²) in [6, 6.07) is 3.86. The number of carbonyl (C=O) groups is 1. The topological polar surface area (TPSA) is 68.5 Å². The summed E-state index contributed by atoms with van der Waals surface area (Å²) in [5.74, 6) is 0.0681. The molecular weight excluding hydrogens is 230 g/mol. The van der Waals surface area contributed by atoms with Crippen LogP contribution in [0.1, 0.15) is 18.4 Å². The zero-order valence-corrected chi connectivity index (χ0v) is 10.4. The molecule has 1 amide bonds. The van der Waals surface area contributed by atoms with Crippen LogP contribution in [0, 0.1) is 0 Å². The van der Waals surface area contributed by atoms with E-state index in [1.165, 1.54) is 0 Å². The van der Waals surface area contributed by atoms with E-state index in [4.69, 9.17) is 10.5 Å². The summed E-state index contributed by atoms with van der Waals surface area (Å²) >= 11 is 0. The van der Waals surface area contributed by atoms with Crippen molar-refractivity contribution in [2.24, 2.45) is 5.73 Å². The Morgan fingerprint density at radius 2 is 2.44 bits per heavy atom. The number of rotatable bonds is 5. The molecule has 1 aromatic heterocycles. The van der Waals surface area contributed by atoms with Gasteiger partial charge in [0.15, 0.2) is 0 Å². The first-order valence-electron chi connectivity index (χ1n) is 6.30. The molecule has 0 spiro atoms. The first-order valence-corrected chi connectivity index (χ1v) is 6.30. The van der Waals surface area contributed by atoms with E-state index in [-0.39, 0.29) is 12.0 Å². The molecule has 0 saturated carbocycles. The smallest absolute Gasteiger partial charge is 0.252 e. The van der Waals surface area contributed by atoms with E-state index < -0.39 is 0 Å². The molecule has 5 heteroatoms. The summed E-state index contributed by atoms with van der Waals surface area (Å²) < 4.78 is 5.50. The number of carbonyl (C=O) groups excluding carboxylic acids is 1. The van der Waals surface area contributed by atoms with Crippen LogP contribution in [0.15, 0.2) is 24.5 Å². The zero-order chi connectivity index (χ0) is 12.8. The molecule has 0 radical (unpaired) electrons. The molecule has 1 saturated heterocycles. The summed E-state index contributed by atoms with van der Waals surface area (Å²) in [7, 11) is 0. The predicted octanol–water partition coefficient (Wildman–Crippen LogP) is 0.548. The fourth-order valence-electron chi connectivity index (χ4n) is 2.07. The van der Waals surface area contributed by atoms with Crippen LogP contribution >= 0.6 is 0 Å².